The van der Waals surface area contributed by atoms with E-state index in [-0.39, 0.29) is 79.6 Å². The molecule has 0 radical (unpaired) electrons. The number of aryl methyl sites for hydroxylation is 4. The Morgan fingerprint density at radius 3 is 0.860 bits per heavy atom. The highest BCUT2D eigenvalue weighted by molar-refractivity contribution is 7.81. The summed E-state index contributed by atoms with van der Waals surface area (Å²) in [7, 11) is 4.03. The molecule has 8 aromatic rings. The highest BCUT2D eigenvalue weighted by atomic mass is 32.1. The summed E-state index contributed by atoms with van der Waals surface area (Å²) in [5.74, 6) is -3.04. The summed E-state index contributed by atoms with van der Waals surface area (Å²) in [5.41, 5.74) is 5.17. The maximum atomic E-state index is 15.0. The molecule has 31 heteroatoms. The minimum absolute atomic E-state index is 0.0385. The van der Waals surface area contributed by atoms with Crippen LogP contribution in [0.3, 0.4) is 0 Å². The zero-order chi connectivity index (χ0) is 88.0. The van der Waals surface area contributed by atoms with Crippen LogP contribution in [0.1, 0.15) is 96.9 Å². The lowest BCUT2D eigenvalue weighted by Gasteiger charge is -2.29. The van der Waals surface area contributed by atoms with Gasteiger partial charge in [0.1, 0.15) is 40.5 Å². The molecule has 23 nitrogen and oxygen atoms in total. The molecular weight excluding hydrogens is 1620 g/mol. The van der Waals surface area contributed by atoms with Crippen LogP contribution >= 0.6 is 48.9 Å². The van der Waals surface area contributed by atoms with E-state index in [2.05, 4.69) is 34.5 Å². The van der Waals surface area contributed by atoms with E-state index >= 15 is 0 Å². The number of likely N-dealkylation sites (tertiary alicyclic amines) is 2. The molecule has 0 unspecified atom stereocenters. The van der Waals surface area contributed by atoms with Gasteiger partial charge < -0.3 is 54.0 Å². The number of hydrogen-bond donors (Lipinski definition) is 2. The molecule has 7 aliphatic heterocycles. The monoisotopic (exact) mass is 1710 g/mol. The molecule has 3 atom stereocenters. The Morgan fingerprint density at radius 1 is 0.380 bits per heavy atom. The van der Waals surface area contributed by atoms with Crippen LogP contribution in [0, 0.1) is 77.3 Å². The molecule has 0 aliphatic carbocycles. The largest absolute Gasteiger partial charge is 0.505 e. The summed E-state index contributed by atoms with van der Waals surface area (Å²) in [5, 5.41) is 13.6. The van der Waals surface area contributed by atoms with Gasteiger partial charge in [0.05, 0.1) is 26.3 Å². The fourth-order valence-corrected chi connectivity index (χ4v) is 17.6. The van der Waals surface area contributed by atoms with Gasteiger partial charge in [-0.15, -0.1) is 0 Å². The fraction of sp³-hybridized carbons (Fsp3) is 0.333. The number of nitrogens with zero attached hydrogens (tertiary/aromatic N) is 14. The Bertz CT molecular complexity index is 5580. The van der Waals surface area contributed by atoms with Gasteiger partial charge in [-0.25, -0.2) is 36.9 Å². The fourth-order valence-electron chi connectivity index (χ4n) is 15.5. The topological polar surface area (TPSA) is 178 Å². The van der Waals surface area contributed by atoms with Crippen LogP contribution in [-0.4, -0.2) is 153 Å². The van der Waals surface area contributed by atoms with Crippen molar-refractivity contribution in [3.05, 3.63) is 237 Å². The predicted molar refractivity (Wildman–Crippen MR) is 479 cm³/mol. The molecule has 7 saturated heterocycles. The number of aromatic hydroxyl groups is 1. The summed E-state index contributed by atoms with van der Waals surface area (Å²) in [6, 6.07) is 38.4. The quantitative estimate of drug-likeness (QED) is 0.0596. The van der Waals surface area contributed by atoms with E-state index in [9.17, 15) is 41.8 Å². The second-order valence-corrected chi connectivity index (χ2v) is 33.9. The molecule has 0 bridgehead atoms. The second kappa shape index (κ2) is 35.0. The molecule has 7 fully saturated rings. The van der Waals surface area contributed by atoms with E-state index < -0.39 is 51.2 Å². The molecule has 0 aromatic heterocycles. The first-order valence-corrected chi connectivity index (χ1v) is 40.4. The lowest BCUT2D eigenvalue weighted by Crippen LogP contribution is -2.44. The number of halogens is 4. The molecule has 2 N–H and O–H groups in total. The first-order valence-electron chi connectivity index (χ1n) is 38.8. The molecule has 7 aliphatic rings. The van der Waals surface area contributed by atoms with E-state index in [0.29, 0.717) is 74.8 Å². The van der Waals surface area contributed by atoms with Crippen molar-refractivity contribution < 1.29 is 56.1 Å². The zero-order valence-corrected chi connectivity index (χ0v) is 72.4. The SMILES string of the molecule is [C-]#[N+]c1ccc(N2C(=O)C(C)(C)N(c3ccc(O)c(F)c3)C2=S)cc1C.[C-]#[N+]c1ccc(N2C(=O)C(C)(C)N(c3ccc(O[C@H]4CCN(C)C4)c(F)c3)C2=S)cc1C.[C-]#[N+]c1ccc(N2C(=O)C(C)(C)N(c3ccc(O[C@H]4CCN(C)C4)c(F)c3)C2=S)cc1C.[C-]#[N+]c1ccc(N2C(=O)C(C)(C)N(c3ccc(O[C@H]4CCNC4)c(F)c3)C2=S)cc1C. The van der Waals surface area contributed by atoms with Crippen molar-refractivity contribution in [3.8, 4) is 23.0 Å². The number of likely N-dealkylation sites (N-methyl/N-ethyl adjacent to an activating group) is 2. The van der Waals surface area contributed by atoms with Crippen molar-refractivity contribution in [2.24, 2.45) is 0 Å². The molecule has 4 amide bonds. The van der Waals surface area contributed by atoms with Gasteiger partial charge in [-0.3, -0.25) is 38.8 Å². The number of carbonyl (C=O) groups excluding carboxylic acids is 4. The molecule has 624 valence electrons. The van der Waals surface area contributed by atoms with Gasteiger partial charge in [-0.2, -0.15) is 0 Å². The summed E-state index contributed by atoms with van der Waals surface area (Å²) >= 11 is 22.5. The highest BCUT2D eigenvalue weighted by Crippen LogP contribution is 2.45. The molecular formula is C90H89F4N15O8S4. The van der Waals surface area contributed by atoms with Crippen LogP contribution in [-0.2, 0) is 19.2 Å². The highest BCUT2D eigenvalue weighted by Gasteiger charge is 2.55. The van der Waals surface area contributed by atoms with Crippen LogP contribution < -0.4 is 58.7 Å². The first-order chi connectivity index (χ1) is 57.2. The third-order valence-electron chi connectivity index (χ3n) is 22.2. The number of anilines is 8. The van der Waals surface area contributed by atoms with Gasteiger partial charge in [-0.05, 0) is 291 Å². The molecule has 121 heavy (non-hydrogen) atoms. The Labute approximate surface area is 723 Å². The van der Waals surface area contributed by atoms with Crippen LogP contribution in [0.2, 0.25) is 0 Å². The van der Waals surface area contributed by atoms with E-state index in [1.54, 1.807) is 191 Å². The van der Waals surface area contributed by atoms with E-state index in [4.69, 9.17) is 89.4 Å². The smallest absolute Gasteiger partial charge is 0.259 e. The second-order valence-electron chi connectivity index (χ2n) is 32.4. The number of benzene rings is 8. The Kier molecular flexibility index (Phi) is 25.5. The van der Waals surface area contributed by atoms with Gasteiger partial charge in [-0.1, -0.05) is 24.3 Å². The first kappa shape index (κ1) is 88.3. The summed E-state index contributed by atoms with van der Waals surface area (Å²) in [4.78, 5) is 83.4. The number of phenolic OH excluding ortho intramolecular Hbond substituents is 1. The van der Waals surface area contributed by atoms with Crippen molar-refractivity contribution in [1.29, 1.82) is 0 Å². The number of amides is 4. The van der Waals surface area contributed by atoms with E-state index in [0.717, 1.165) is 80.3 Å². The lowest BCUT2D eigenvalue weighted by atomic mass is 10.0. The zero-order valence-electron chi connectivity index (χ0n) is 69.2. The number of carbonyl (C=O) groups is 4. The number of rotatable bonds is 14. The van der Waals surface area contributed by atoms with Crippen molar-refractivity contribution in [2.45, 2.75) is 143 Å². The number of phenols is 1. The van der Waals surface area contributed by atoms with Crippen molar-refractivity contribution in [1.82, 2.24) is 15.1 Å². The van der Waals surface area contributed by atoms with Gasteiger partial charge in [0.15, 0.2) is 89.5 Å². The van der Waals surface area contributed by atoms with Gasteiger partial charge in [0.2, 0.25) is 0 Å². The molecule has 15 rings (SSSR count). The van der Waals surface area contributed by atoms with Crippen LogP contribution in [0.15, 0.2) is 146 Å². The lowest BCUT2D eigenvalue weighted by molar-refractivity contribution is -0.121. The normalized spacial score (nSPS) is 19.6. The number of hydrogen-bond acceptors (Lipinski definition) is 15. The predicted octanol–water partition coefficient (Wildman–Crippen LogP) is 18.0. The maximum absolute atomic E-state index is 15.0. The molecule has 0 spiro atoms. The van der Waals surface area contributed by atoms with Gasteiger partial charge >= 0.3 is 0 Å². The number of nitrogens with one attached hydrogen (secondary N) is 1. The number of thiocarbonyl (C=S) groups is 4. The third kappa shape index (κ3) is 17.3. The minimum Gasteiger partial charge on any atom is -0.505 e. The summed E-state index contributed by atoms with van der Waals surface area (Å²) in [6.07, 6.45) is 2.42. The van der Waals surface area contributed by atoms with Crippen LogP contribution in [0.25, 0.3) is 19.4 Å². The standard InChI is InChI=1S/2C24H25FN4O2S.C23H23FN4O2S.C19H16FN3O2S/c2*1-15-12-16(6-8-20(15)26-4)28-22(30)24(2,3)29(23(28)32)17-7-9-21(19(25)13-17)31-18-10-11-27(5)14-18;1-14-11-15(5-7-19(14)25-4)27-21(29)23(2,3)28(22(27)31)16-6-8-20(18(24)12-16)30-17-9-10-26-13-17;1-11-9-12(5-7-15(11)21-4)22-17(25)19(2,3)23(18(22)26)13-6-8-16(24)14(20)10-13/h2*6-9,12-13,18H,10-11,14H2,1-3,5H3;5-8,11-12,17,26H,9-10,13H2,1-3H3;5-10,24H,1-3H3/t2*18-;17-;/m000./s1. The minimum atomic E-state index is -1.03. The third-order valence-corrected chi connectivity index (χ3v) is 23.7. The van der Waals surface area contributed by atoms with Crippen molar-refractivity contribution in [2.75, 3.05) is 92.6 Å². The van der Waals surface area contributed by atoms with Crippen LogP contribution in [0.5, 0.6) is 23.0 Å². The van der Waals surface area contributed by atoms with Gasteiger partial charge in [0.25, 0.3) is 23.6 Å². The van der Waals surface area contributed by atoms with Crippen molar-refractivity contribution in [3.63, 3.8) is 0 Å². The molecule has 7 heterocycles. The average Bonchev–Trinajstić information content (AvgIpc) is 1.60. The van der Waals surface area contributed by atoms with E-state index in [1.165, 1.54) is 49.9 Å². The summed E-state index contributed by atoms with van der Waals surface area (Å²) < 4.78 is 76.0. The average molecular weight is 1710 g/mol. The Balaban J connectivity index is 0.000000148. The number of ether oxygens (including phenoxy) is 3. The van der Waals surface area contributed by atoms with Gasteiger partial charge in [0, 0.05) is 102 Å². The molecule has 8 aromatic carbocycles. The Hall–Kier alpha value is -12.0. The summed E-state index contributed by atoms with van der Waals surface area (Å²) in [6.45, 7) is 55.0. The Morgan fingerprint density at radius 2 is 0.636 bits per heavy atom. The molecule has 0 saturated carbocycles. The van der Waals surface area contributed by atoms with E-state index in [1.807, 2.05) is 34.9 Å². The maximum Gasteiger partial charge on any atom is 0.259 e. The van der Waals surface area contributed by atoms with Crippen LogP contribution in [0.4, 0.5) is 85.8 Å². The van der Waals surface area contributed by atoms with Crippen molar-refractivity contribution >= 4 is 161 Å².